The van der Waals surface area contributed by atoms with E-state index in [4.69, 9.17) is 11.6 Å². The number of fused-ring (bicyclic) bond motifs is 1. The maximum absolute atomic E-state index is 12.5. The summed E-state index contributed by atoms with van der Waals surface area (Å²) in [7, 11) is 0. The third kappa shape index (κ3) is 2.61. The summed E-state index contributed by atoms with van der Waals surface area (Å²) in [5.41, 5.74) is 2.75. The van der Waals surface area contributed by atoms with Crippen molar-refractivity contribution in [2.24, 2.45) is 0 Å². The molecule has 0 heterocycles. The molecule has 4 heteroatoms. The first-order chi connectivity index (χ1) is 8.00. The molecule has 2 rings (SSSR count). The van der Waals surface area contributed by atoms with E-state index in [1.54, 1.807) is 24.3 Å². The molecule has 0 saturated heterocycles. The molecule has 0 spiro atoms. The van der Waals surface area contributed by atoms with Crippen molar-refractivity contribution in [1.29, 1.82) is 0 Å². The van der Waals surface area contributed by atoms with Gasteiger partial charge >= 0.3 is 6.18 Å². The maximum atomic E-state index is 12.5. The van der Waals surface area contributed by atoms with E-state index < -0.39 is 11.7 Å². The number of allylic oxidation sites excluding steroid dienone is 3. The lowest BCUT2D eigenvalue weighted by Crippen LogP contribution is -2.05. The minimum Gasteiger partial charge on any atom is -0.166 e. The Labute approximate surface area is 102 Å². The Bertz CT molecular complexity index is 522. The van der Waals surface area contributed by atoms with Gasteiger partial charge in [0.15, 0.2) is 0 Å². The second-order valence-electron chi connectivity index (χ2n) is 3.62. The molecule has 0 aliphatic heterocycles. The van der Waals surface area contributed by atoms with E-state index in [-0.39, 0.29) is 0 Å². The van der Waals surface area contributed by atoms with Crippen molar-refractivity contribution in [3.05, 3.63) is 58.1 Å². The first-order valence-corrected chi connectivity index (χ1v) is 5.32. The van der Waals surface area contributed by atoms with E-state index in [0.717, 1.165) is 23.3 Å². The first kappa shape index (κ1) is 12.0. The molecule has 17 heavy (non-hydrogen) atoms. The second-order valence-corrected chi connectivity index (χ2v) is 3.84. The number of rotatable bonds is 0. The topological polar surface area (TPSA) is 0 Å². The number of benzene rings is 1. The van der Waals surface area contributed by atoms with Gasteiger partial charge in [-0.15, -0.1) is 0 Å². The highest BCUT2D eigenvalue weighted by Gasteiger charge is 2.30. The summed E-state index contributed by atoms with van der Waals surface area (Å²) >= 11 is 5.56. The summed E-state index contributed by atoms with van der Waals surface area (Å²) in [6.07, 6.45) is 2.48. The van der Waals surface area contributed by atoms with Gasteiger partial charge in [0.05, 0.1) is 5.56 Å². The predicted octanol–water partition coefficient (Wildman–Crippen LogP) is 4.87. The zero-order valence-electron chi connectivity index (χ0n) is 8.63. The molecule has 0 saturated carbocycles. The minimum absolute atomic E-state index is 0.532. The van der Waals surface area contributed by atoms with Crippen LogP contribution in [0, 0.1) is 0 Å². The fourth-order valence-electron chi connectivity index (χ4n) is 1.55. The van der Waals surface area contributed by atoms with Crippen LogP contribution in [0.5, 0.6) is 0 Å². The van der Waals surface area contributed by atoms with E-state index in [2.05, 4.69) is 0 Å². The average molecular weight is 257 g/mol. The Morgan fingerprint density at radius 3 is 2.18 bits per heavy atom. The Kier molecular flexibility index (Phi) is 3.11. The van der Waals surface area contributed by atoms with Crippen molar-refractivity contribution < 1.29 is 13.2 Å². The highest BCUT2D eigenvalue weighted by Crippen LogP contribution is 2.32. The van der Waals surface area contributed by atoms with Crippen LogP contribution in [-0.4, -0.2) is 0 Å². The summed E-state index contributed by atoms with van der Waals surface area (Å²) in [6, 6.07) is 3.66. The molecule has 1 aliphatic rings. The van der Waals surface area contributed by atoms with E-state index in [0.29, 0.717) is 5.56 Å². The van der Waals surface area contributed by atoms with Crippen LogP contribution in [0.25, 0.3) is 12.2 Å². The van der Waals surface area contributed by atoms with E-state index in [1.165, 1.54) is 11.6 Å². The molecule has 1 aromatic rings. The van der Waals surface area contributed by atoms with Gasteiger partial charge in [0.1, 0.15) is 0 Å². The molecule has 0 N–H and O–H groups in total. The van der Waals surface area contributed by atoms with Crippen LogP contribution in [0.3, 0.4) is 0 Å². The summed E-state index contributed by atoms with van der Waals surface area (Å²) in [5, 5.41) is 0. The first-order valence-electron chi connectivity index (χ1n) is 4.88. The molecule has 0 unspecified atom stereocenters. The van der Waals surface area contributed by atoms with E-state index in [1.807, 2.05) is 0 Å². The van der Waals surface area contributed by atoms with Gasteiger partial charge in [-0.1, -0.05) is 42.0 Å². The van der Waals surface area contributed by atoms with Crippen LogP contribution in [-0.2, 0) is 6.18 Å². The molecule has 1 aliphatic carbocycles. The summed E-state index contributed by atoms with van der Waals surface area (Å²) in [5.74, 6) is 0. The highest BCUT2D eigenvalue weighted by molar-refractivity contribution is 6.26. The quantitative estimate of drug-likeness (QED) is 0.621. The zero-order chi connectivity index (χ0) is 12.5. The van der Waals surface area contributed by atoms with Crippen molar-refractivity contribution >= 4 is 23.8 Å². The maximum Gasteiger partial charge on any atom is 0.416 e. The second kappa shape index (κ2) is 4.41. The van der Waals surface area contributed by atoms with Crippen molar-refractivity contribution in [1.82, 2.24) is 0 Å². The molecule has 0 atom stereocenters. The largest absolute Gasteiger partial charge is 0.416 e. The molecule has 1 aromatic carbocycles. The number of alkyl halides is 3. The Morgan fingerprint density at radius 1 is 0.941 bits per heavy atom. The molecule has 88 valence electrons. The smallest absolute Gasteiger partial charge is 0.166 e. The highest BCUT2D eigenvalue weighted by atomic mass is 35.5. The van der Waals surface area contributed by atoms with Crippen LogP contribution in [0.1, 0.15) is 16.7 Å². The lowest BCUT2D eigenvalue weighted by Gasteiger charge is -2.08. The molecular weight excluding hydrogens is 249 g/mol. The van der Waals surface area contributed by atoms with Gasteiger partial charge in [-0.25, -0.2) is 0 Å². The predicted molar refractivity (Wildman–Crippen MR) is 63.4 cm³/mol. The van der Waals surface area contributed by atoms with Crippen LogP contribution in [0.15, 0.2) is 41.5 Å². The van der Waals surface area contributed by atoms with Crippen molar-refractivity contribution in [2.75, 3.05) is 0 Å². The summed E-state index contributed by atoms with van der Waals surface area (Å²) in [6.45, 7) is 0. The number of halogens is 4. The van der Waals surface area contributed by atoms with Gasteiger partial charge in [0, 0.05) is 5.54 Å². The fraction of sp³-hybridized carbons (Fsp3) is 0.0769. The fourth-order valence-corrected chi connectivity index (χ4v) is 1.69. The summed E-state index contributed by atoms with van der Waals surface area (Å²) in [4.78, 5) is 0. The van der Waals surface area contributed by atoms with Gasteiger partial charge in [-0.3, -0.25) is 0 Å². The van der Waals surface area contributed by atoms with Crippen LogP contribution in [0.4, 0.5) is 13.2 Å². The Morgan fingerprint density at radius 2 is 1.59 bits per heavy atom. The third-order valence-electron chi connectivity index (χ3n) is 2.45. The molecule has 0 radical (unpaired) electrons. The zero-order valence-corrected chi connectivity index (χ0v) is 9.39. The van der Waals surface area contributed by atoms with Crippen molar-refractivity contribution in [2.45, 2.75) is 6.18 Å². The van der Waals surface area contributed by atoms with Gasteiger partial charge in [0.2, 0.25) is 0 Å². The van der Waals surface area contributed by atoms with Gasteiger partial charge in [-0.05, 0) is 28.8 Å². The third-order valence-corrected chi connectivity index (χ3v) is 2.70. The molecule has 0 nitrogen and oxygen atoms in total. The van der Waals surface area contributed by atoms with Crippen LogP contribution >= 0.6 is 11.6 Å². The number of hydrogen-bond donors (Lipinski definition) is 0. The number of hydrogen-bond acceptors (Lipinski definition) is 0. The van der Waals surface area contributed by atoms with E-state index in [9.17, 15) is 13.2 Å². The minimum atomic E-state index is -4.32. The Balaban J connectivity index is 2.50. The lowest BCUT2D eigenvalue weighted by atomic mass is 10.0. The average Bonchev–Trinajstić information content (AvgIpc) is 2.48. The molecular formula is C13H8ClF3. The van der Waals surface area contributed by atoms with Crippen molar-refractivity contribution in [3.8, 4) is 0 Å². The molecule has 0 bridgehead atoms. The van der Waals surface area contributed by atoms with Crippen LogP contribution < -0.4 is 0 Å². The monoisotopic (exact) mass is 256 g/mol. The molecule has 0 amide bonds. The van der Waals surface area contributed by atoms with Gasteiger partial charge in [-0.2, -0.15) is 13.2 Å². The Hall–Kier alpha value is -1.48. The molecule has 0 fully saturated rings. The lowest BCUT2D eigenvalue weighted by molar-refractivity contribution is -0.137. The SMILES string of the molecule is FC(F)(F)c1ccc2c(c1)C=CC(=CCl)C=C2. The van der Waals surface area contributed by atoms with Gasteiger partial charge < -0.3 is 0 Å². The summed E-state index contributed by atoms with van der Waals surface area (Å²) < 4.78 is 37.6. The molecule has 0 aromatic heterocycles. The van der Waals surface area contributed by atoms with Crippen LogP contribution in [0.2, 0.25) is 0 Å². The van der Waals surface area contributed by atoms with E-state index >= 15 is 0 Å². The van der Waals surface area contributed by atoms with Gasteiger partial charge in [0.25, 0.3) is 0 Å². The standard InChI is InChI=1S/C13H8ClF3/c14-8-9-1-3-10-5-6-12(13(15,16)17)7-11(10)4-2-9/h1-8H. The normalized spacial score (nSPS) is 17.1. The van der Waals surface area contributed by atoms with Crippen molar-refractivity contribution in [3.63, 3.8) is 0 Å².